The summed E-state index contributed by atoms with van der Waals surface area (Å²) in [7, 11) is -3.13. The molecule has 7 heteroatoms. The number of benzene rings is 1. The van der Waals surface area contributed by atoms with Crippen LogP contribution in [0.3, 0.4) is 0 Å². The first-order valence-electron chi connectivity index (χ1n) is 10.8. The molecule has 3 saturated heterocycles. The van der Waals surface area contributed by atoms with Crippen LogP contribution < -0.4 is 0 Å². The molecule has 1 unspecified atom stereocenters. The first-order valence-corrected chi connectivity index (χ1v) is 12.6. The lowest BCUT2D eigenvalue weighted by atomic mass is 10.0. The summed E-state index contributed by atoms with van der Waals surface area (Å²) in [5, 5.41) is 0. The summed E-state index contributed by atoms with van der Waals surface area (Å²) in [5.41, 5.74) is 2.25. The van der Waals surface area contributed by atoms with Gasteiger partial charge in [0.15, 0.2) is 0 Å². The molecule has 3 aliphatic heterocycles. The number of carbonyl (C=O) groups is 1. The topological polar surface area (TPSA) is 66.9 Å². The maximum absolute atomic E-state index is 12.6. The lowest BCUT2D eigenvalue weighted by Crippen LogP contribution is -2.49. The van der Waals surface area contributed by atoms with Crippen molar-refractivity contribution in [3.8, 4) is 0 Å². The van der Waals surface area contributed by atoms with Gasteiger partial charge in [-0.2, -0.15) is 4.31 Å². The molecule has 3 fully saturated rings. The number of nitrogens with zero attached hydrogens (tertiary/aromatic N) is 2. The highest BCUT2D eigenvalue weighted by molar-refractivity contribution is 7.88. The van der Waals surface area contributed by atoms with E-state index in [4.69, 9.17) is 4.74 Å². The predicted molar refractivity (Wildman–Crippen MR) is 112 cm³/mol. The highest BCUT2D eigenvalue weighted by Crippen LogP contribution is 2.39. The van der Waals surface area contributed by atoms with Crippen LogP contribution in [0.5, 0.6) is 0 Å². The number of ether oxygens (including phenoxy) is 1. The van der Waals surface area contributed by atoms with Gasteiger partial charge in [-0.1, -0.05) is 29.8 Å². The van der Waals surface area contributed by atoms with E-state index in [1.54, 1.807) is 4.31 Å². The van der Waals surface area contributed by atoms with Crippen LogP contribution in [0.2, 0.25) is 0 Å². The number of amides is 1. The number of hydrogen-bond donors (Lipinski definition) is 0. The van der Waals surface area contributed by atoms with Crippen LogP contribution in [0.4, 0.5) is 0 Å². The van der Waals surface area contributed by atoms with Gasteiger partial charge in [-0.3, -0.25) is 4.79 Å². The number of carbonyl (C=O) groups excluding carboxylic acids is 1. The molecule has 160 valence electrons. The molecule has 3 atom stereocenters. The Kier molecular flexibility index (Phi) is 6.00. The summed E-state index contributed by atoms with van der Waals surface area (Å²) < 4.78 is 32.2. The van der Waals surface area contributed by atoms with Gasteiger partial charge in [-0.05, 0) is 51.0 Å². The van der Waals surface area contributed by atoms with Crippen molar-refractivity contribution in [1.82, 2.24) is 9.21 Å². The fourth-order valence-corrected chi connectivity index (χ4v) is 6.82. The van der Waals surface area contributed by atoms with Gasteiger partial charge in [0.05, 0.1) is 24.9 Å². The number of fused-ring (bicyclic) bond motifs is 2. The Hall–Kier alpha value is -1.44. The van der Waals surface area contributed by atoms with Crippen LogP contribution in [0.1, 0.15) is 49.7 Å². The van der Waals surface area contributed by atoms with Gasteiger partial charge < -0.3 is 9.64 Å². The average molecular weight is 421 g/mol. The smallest absolute Gasteiger partial charge is 0.226 e. The number of rotatable bonds is 5. The van der Waals surface area contributed by atoms with E-state index in [-0.39, 0.29) is 30.2 Å². The van der Waals surface area contributed by atoms with E-state index in [0.717, 1.165) is 57.2 Å². The molecule has 3 aliphatic rings. The van der Waals surface area contributed by atoms with E-state index >= 15 is 0 Å². The molecule has 3 heterocycles. The van der Waals surface area contributed by atoms with Gasteiger partial charge in [-0.25, -0.2) is 8.42 Å². The summed E-state index contributed by atoms with van der Waals surface area (Å²) in [4.78, 5) is 14.6. The van der Waals surface area contributed by atoms with Gasteiger partial charge in [0, 0.05) is 25.2 Å². The van der Waals surface area contributed by atoms with Crippen LogP contribution in [-0.2, 0) is 26.0 Å². The Morgan fingerprint density at radius 3 is 2.31 bits per heavy atom. The van der Waals surface area contributed by atoms with Crippen molar-refractivity contribution in [1.29, 1.82) is 0 Å². The number of piperidine rings is 2. The Balaban J connectivity index is 1.25. The van der Waals surface area contributed by atoms with Crippen molar-refractivity contribution >= 4 is 15.9 Å². The summed E-state index contributed by atoms with van der Waals surface area (Å²) in [6.07, 6.45) is 7.32. The Bertz CT molecular complexity index is 834. The van der Waals surface area contributed by atoms with E-state index < -0.39 is 10.0 Å². The van der Waals surface area contributed by atoms with E-state index in [9.17, 15) is 13.2 Å². The molecule has 0 aliphatic carbocycles. The van der Waals surface area contributed by atoms with E-state index in [1.165, 1.54) is 11.8 Å². The molecule has 0 aromatic heterocycles. The number of likely N-dealkylation sites (tertiary alicyclic amines) is 1. The first-order chi connectivity index (χ1) is 13.8. The number of sulfonamides is 1. The molecule has 1 aromatic rings. The minimum absolute atomic E-state index is 0.102. The molecule has 29 heavy (non-hydrogen) atoms. The fourth-order valence-electron chi connectivity index (χ4n) is 5.36. The standard InChI is InChI=1S/C22H32N2O4S/c1-16-4-3-5-17(12-16)13-22(25)23-10-8-20(9-11-23)28-21-14-18-6-7-19(15-21)24(18)29(2,26)27/h3-5,12,18-21H,6-11,13-15H2,1-2H3/t18-,19+,21?. The van der Waals surface area contributed by atoms with E-state index in [0.29, 0.717) is 6.42 Å². The lowest BCUT2D eigenvalue weighted by Gasteiger charge is -2.40. The van der Waals surface area contributed by atoms with Crippen molar-refractivity contribution in [2.45, 2.75) is 76.2 Å². The number of aryl methyl sites for hydroxylation is 1. The van der Waals surface area contributed by atoms with Crippen molar-refractivity contribution in [3.63, 3.8) is 0 Å². The van der Waals surface area contributed by atoms with Gasteiger partial charge in [0.1, 0.15) is 0 Å². The van der Waals surface area contributed by atoms with Gasteiger partial charge in [0.25, 0.3) is 0 Å². The van der Waals surface area contributed by atoms with Gasteiger partial charge >= 0.3 is 0 Å². The minimum atomic E-state index is -3.13. The molecule has 0 spiro atoms. The molecular weight excluding hydrogens is 388 g/mol. The third-order valence-electron chi connectivity index (χ3n) is 6.62. The summed E-state index contributed by atoms with van der Waals surface area (Å²) in [5.74, 6) is 0.188. The van der Waals surface area contributed by atoms with E-state index in [2.05, 4.69) is 6.07 Å². The summed E-state index contributed by atoms with van der Waals surface area (Å²) >= 11 is 0. The first kappa shape index (κ1) is 20.8. The van der Waals surface area contributed by atoms with Crippen molar-refractivity contribution in [2.75, 3.05) is 19.3 Å². The second-order valence-corrected chi connectivity index (χ2v) is 10.8. The molecule has 6 nitrogen and oxygen atoms in total. The molecule has 0 N–H and O–H groups in total. The monoisotopic (exact) mass is 420 g/mol. The zero-order chi connectivity index (χ0) is 20.6. The largest absolute Gasteiger partial charge is 0.375 e. The van der Waals surface area contributed by atoms with Crippen LogP contribution >= 0.6 is 0 Å². The van der Waals surface area contributed by atoms with Crippen molar-refractivity contribution in [3.05, 3.63) is 35.4 Å². The lowest BCUT2D eigenvalue weighted by molar-refractivity contribution is -0.134. The maximum Gasteiger partial charge on any atom is 0.226 e. The Labute approximate surface area is 174 Å². The molecule has 1 amide bonds. The minimum Gasteiger partial charge on any atom is -0.375 e. The van der Waals surface area contributed by atoms with Crippen LogP contribution in [0, 0.1) is 6.92 Å². The highest BCUT2D eigenvalue weighted by Gasteiger charge is 2.46. The molecule has 1 aromatic carbocycles. The second kappa shape index (κ2) is 8.36. The van der Waals surface area contributed by atoms with Crippen LogP contribution in [0.25, 0.3) is 0 Å². The van der Waals surface area contributed by atoms with Crippen LogP contribution in [-0.4, -0.2) is 67.2 Å². The summed E-state index contributed by atoms with van der Waals surface area (Å²) in [6.45, 7) is 3.53. The van der Waals surface area contributed by atoms with Gasteiger partial charge in [-0.15, -0.1) is 0 Å². The quantitative estimate of drug-likeness (QED) is 0.734. The van der Waals surface area contributed by atoms with E-state index in [1.807, 2.05) is 30.0 Å². The third-order valence-corrected chi connectivity index (χ3v) is 7.99. The molecule has 4 rings (SSSR count). The molecular formula is C22H32N2O4S. The molecule has 0 radical (unpaired) electrons. The zero-order valence-corrected chi connectivity index (χ0v) is 18.2. The summed E-state index contributed by atoms with van der Waals surface area (Å²) in [6, 6.07) is 8.33. The average Bonchev–Trinajstić information content (AvgIpc) is 2.94. The number of hydrogen-bond acceptors (Lipinski definition) is 4. The van der Waals surface area contributed by atoms with Crippen molar-refractivity contribution < 1.29 is 17.9 Å². The normalized spacial score (nSPS) is 28.6. The third kappa shape index (κ3) is 4.84. The Morgan fingerprint density at radius 1 is 1.07 bits per heavy atom. The fraction of sp³-hybridized carbons (Fsp3) is 0.682. The van der Waals surface area contributed by atoms with Crippen molar-refractivity contribution in [2.24, 2.45) is 0 Å². The molecule has 0 saturated carbocycles. The van der Waals surface area contributed by atoms with Crippen LogP contribution in [0.15, 0.2) is 24.3 Å². The van der Waals surface area contributed by atoms with Gasteiger partial charge in [0.2, 0.25) is 15.9 Å². The second-order valence-electron chi connectivity index (χ2n) is 8.95. The predicted octanol–water partition coefficient (Wildman–Crippen LogP) is 2.50. The molecule has 2 bridgehead atoms. The highest BCUT2D eigenvalue weighted by atomic mass is 32.2. The zero-order valence-electron chi connectivity index (χ0n) is 17.4. The Morgan fingerprint density at radius 2 is 1.72 bits per heavy atom. The SMILES string of the molecule is Cc1cccc(CC(=O)N2CCC(OC3C[C@H]4CC[C@@H](C3)N4S(C)(=O)=O)CC2)c1. The maximum atomic E-state index is 12.6.